The smallest absolute Gasteiger partial charge is 0.339 e. The first-order chi connectivity index (χ1) is 8.61. The van der Waals surface area contributed by atoms with E-state index in [4.69, 9.17) is 9.84 Å². The van der Waals surface area contributed by atoms with Crippen molar-refractivity contribution in [1.82, 2.24) is 5.32 Å². The summed E-state index contributed by atoms with van der Waals surface area (Å²) in [4.78, 5) is 11.1. The molecule has 1 unspecified atom stereocenters. The third-order valence-electron chi connectivity index (χ3n) is 3.18. The Morgan fingerprint density at radius 2 is 2.39 bits per heavy atom. The van der Waals surface area contributed by atoms with Gasteiger partial charge < -0.3 is 15.2 Å². The van der Waals surface area contributed by atoms with Crippen LogP contribution in [-0.4, -0.2) is 30.8 Å². The maximum atomic E-state index is 13.7. The minimum absolute atomic E-state index is 0.120. The number of hydrogen-bond acceptors (Lipinski definition) is 3. The van der Waals surface area contributed by atoms with Crippen LogP contribution in [-0.2, 0) is 6.42 Å². The highest BCUT2D eigenvalue weighted by molar-refractivity contribution is 5.91. The van der Waals surface area contributed by atoms with Crippen molar-refractivity contribution in [3.8, 4) is 5.75 Å². The highest BCUT2D eigenvalue weighted by atomic mass is 19.1. The molecular formula is C13H16FNO3. The molecule has 1 saturated heterocycles. The summed E-state index contributed by atoms with van der Waals surface area (Å²) in [5.41, 5.74) is 0.565. The van der Waals surface area contributed by atoms with E-state index in [0.29, 0.717) is 18.0 Å². The zero-order valence-corrected chi connectivity index (χ0v) is 10.2. The van der Waals surface area contributed by atoms with Gasteiger partial charge in [-0.25, -0.2) is 9.18 Å². The number of carboxylic acid groups (broad SMARTS) is 1. The molecule has 18 heavy (non-hydrogen) atoms. The molecule has 1 atom stereocenters. The zero-order valence-electron chi connectivity index (χ0n) is 10.2. The molecule has 0 radical (unpaired) electrons. The van der Waals surface area contributed by atoms with Gasteiger partial charge in [-0.05, 0) is 43.5 Å². The van der Waals surface area contributed by atoms with Crippen LogP contribution in [0.25, 0.3) is 0 Å². The van der Waals surface area contributed by atoms with Gasteiger partial charge >= 0.3 is 5.97 Å². The summed E-state index contributed by atoms with van der Waals surface area (Å²) in [5.74, 6) is -2.00. The normalized spacial score (nSPS) is 18.9. The Kier molecular flexibility index (Phi) is 3.81. The van der Waals surface area contributed by atoms with Crippen molar-refractivity contribution in [3.05, 3.63) is 29.1 Å². The van der Waals surface area contributed by atoms with E-state index in [1.54, 1.807) is 0 Å². The lowest BCUT2D eigenvalue weighted by molar-refractivity contribution is 0.0692. The topological polar surface area (TPSA) is 58.6 Å². The molecule has 1 aromatic rings. The van der Waals surface area contributed by atoms with Gasteiger partial charge in [-0.2, -0.15) is 0 Å². The summed E-state index contributed by atoms with van der Waals surface area (Å²) in [6, 6.07) is 3.15. The number of carboxylic acids is 1. The van der Waals surface area contributed by atoms with Crippen LogP contribution in [0.1, 0.15) is 28.8 Å². The Balaban J connectivity index is 2.28. The SMILES string of the molecule is COc1c(F)cc(CC2CCCN2)cc1C(=O)O. The van der Waals surface area contributed by atoms with E-state index in [1.807, 2.05) is 0 Å². The van der Waals surface area contributed by atoms with Gasteiger partial charge in [0, 0.05) is 6.04 Å². The van der Waals surface area contributed by atoms with Crippen LogP contribution in [0, 0.1) is 5.82 Å². The molecule has 0 saturated carbocycles. The van der Waals surface area contributed by atoms with Crippen molar-refractivity contribution in [3.63, 3.8) is 0 Å². The lowest BCUT2D eigenvalue weighted by Crippen LogP contribution is -2.23. The van der Waals surface area contributed by atoms with Crippen LogP contribution in [0.3, 0.4) is 0 Å². The number of carbonyl (C=O) groups is 1. The second kappa shape index (κ2) is 5.35. The number of hydrogen-bond donors (Lipinski definition) is 2. The molecule has 0 aromatic heterocycles. The molecule has 0 spiro atoms. The summed E-state index contributed by atoms with van der Waals surface area (Å²) in [6.07, 6.45) is 2.78. The van der Waals surface area contributed by atoms with Crippen LogP contribution in [0.2, 0.25) is 0 Å². The van der Waals surface area contributed by atoms with Crippen LogP contribution in [0.4, 0.5) is 4.39 Å². The van der Waals surface area contributed by atoms with Gasteiger partial charge in [0.2, 0.25) is 0 Å². The molecule has 0 amide bonds. The summed E-state index contributed by atoms with van der Waals surface area (Å²) in [6.45, 7) is 0.967. The van der Waals surface area contributed by atoms with E-state index in [9.17, 15) is 9.18 Å². The first-order valence-electron chi connectivity index (χ1n) is 5.95. The van der Waals surface area contributed by atoms with E-state index in [0.717, 1.165) is 19.4 Å². The molecule has 1 aliphatic rings. The van der Waals surface area contributed by atoms with Gasteiger partial charge in [0.05, 0.1) is 7.11 Å². The second-order valence-electron chi connectivity index (χ2n) is 4.46. The number of rotatable bonds is 4. The molecule has 1 fully saturated rings. The van der Waals surface area contributed by atoms with E-state index < -0.39 is 11.8 Å². The lowest BCUT2D eigenvalue weighted by atomic mass is 10.0. The Bertz CT molecular complexity index is 456. The number of methoxy groups -OCH3 is 1. The first kappa shape index (κ1) is 12.8. The standard InChI is InChI=1S/C13H16FNO3/c1-18-12-10(13(16)17)6-8(7-11(12)14)5-9-3-2-4-15-9/h6-7,9,15H,2-5H2,1H3,(H,16,17). The quantitative estimate of drug-likeness (QED) is 0.859. The Labute approximate surface area is 105 Å². The van der Waals surface area contributed by atoms with Crippen molar-refractivity contribution >= 4 is 5.97 Å². The van der Waals surface area contributed by atoms with Crippen molar-refractivity contribution in [2.75, 3.05) is 13.7 Å². The van der Waals surface area contributed by atoms with Crippen molar-refractivity contribution in [1.29, 1.82) is 0 Å². The average Bonchev–Trinajstić information content (AvgIpc) is 2.81. The molecule has 4 nitrogen and oxygen atoms in total. The van der Waals surface area contributed by atoms with Crippen LogP contribution >= 0.6 is 0 Å². The predicted molar refractivity (Wildman–Crippen MR) is 64.6 cm³/mol. The van der Waals surface area contributed by atoms with Gasteiger partial charge in [0.1, 0.15) is 5.56 Å². The van der Waals surface area contributed by atoms with Gasteiger partial charge in [-0.1, -0.05) is 0 Å². The van der Waals surface area contributed by atoms with Crippen LogP contribution in [0.5, 0.6) is 5.75 Å². The molecule has 0 aliphatic carbocycles. The third kappa shape index (κ3) is 2.61. The van der Waals surface area contributed by atoms with Crippen molar-refractivity contribution < 1.29 is 19.0 Å². The lowest BCUT2D eigenvalue weighted by Gasteiger charge is -2.13. The van der Waals surface area contributed by atoms with E-state index in [1.165, 1.54) is 19.2 Å². The molecule has 1 heterocycles. The van der Waals surface area contributed by atoms with Gasteiger partial charge in [0.25, 0.3) is 0 Å². The fourth-order valence-corrected chi connectivity index (χ4v) is 2.35. The van der Waals surface area contributed by atoms with Gasteiger partial charge in [-0.15, -0.1) is 0 Å². The minimum Gasteiger partial charge on any atom is -0.493 e. The summed E-state index contributed by atoms with van der Waals surface area (Å²) < 4.78 is 18.5. The Morgan fingerprint density at radius 3 is 2.94 bits per heavy atom. The van der Waals surface area contributed by atoms with E-state index >= 15 is 0 Å². The Morgan fingerprint density at radius 1 is 1.61 bits per heavy atom. The molecule has 5 heteroatoms. The van der Waals surface area contributed by atoms with Crippen LogP contribution < -0.4 is 10.1 Å². The number of halogens is 1. The maximum Gasteiger partial charge on any atom is 0.339 e. The van der Waals surface area contributed by atoms with Gasteiger partial charge in [0.15, 0.2) is 11.6 Å². The average molecular weight is 253 g/mol. The number of benzene rings is 1. The highest BCUT2D eigenvalue weighted by Crippen LogP contribution is 2.25. The van der Waals surface area contributed by atoms with Crippen LogP contribution in [0.15, 0.2) is 12.1 Å². The number of ether oxygens (including phenoxy) is 1. The molecule has 1 aromatic carbocycles. The number of nitrogens with one attached hydrogen (secondary N) is 1. The predicted octanol–water partition coefficient (Wildman–Crippen LogP) is 1.83. The molecule has 1 aliphatic heterocycles. The molecule has 98 valence electrons. The maximum absolute atomic E-state index is 13.7. The molecule has 2 N–H and O–H groups in total. The van der Waals surface area contributed by atoms with E-state index in [2.05, 4.69) is 5.32 Å². The fourth-order valence-electron chi connectivity index (χ4n) is 2.35. The largest absolute Gasteiger partial charge is 0.493 e. The molecule has 0 bridgehead atoms. The third-order valence-corrected chi connectivity index (χ3v) is 3.18. The number of aromatic carboxylic acids is 1. The summed E-state index contributed by atoms with van der Waals surface area (Å²) >= 11 is 0. The van der Waals surface area contributed by atoms with Crippen molar-refractivity contribution in [2.45, 2.75) is 25.3 Å². The van der Waals surface area contributed by atoms with Crippen molar-refractivity contribution in [2.24, 2.45) is 0 Å². The Hall–Kier alpha value is -1.62. The summed E-state index contributed by atoms with van der Waals surface area (Å²) in [7, 11) is 1.27. The summed E-state index contributed by atoms with van der Waals surface area (Å²) in [5, 5.41) is 12.3. The monoisotopic (exact) mass is 253 g/mol. The molecular weight excluding hydrogens is 237 g/mol. The minimum atomic E-state index is -1.17. The fraction of sp³-hybridized carbons (Fsp3) is 0.462. The first-order valence-corrected chi connectivity index (χ1v) is 5.95. The van der Waals surface area contributed by atoms with E-state index in [-0.39, 0.29) is 11.3 Å². The second-order valence-corrected chi connectivity index (χ2v) is 4.46. The highest BCUT2D eigenvalue weighted by Gasteiger charge is 2.20. The zero-order chi connectivity index (χ0) is 13.1. The molecule has 2 rings (SSSR count). The van der Waals surface area contributed by atoms with Gasteiger partial charge in [-0.3, -0.25) is 0 Å².